The summed E-state index contributed by atoms with van der Waals surface area (Å²) >= 11 is 0. The highest BCUT2D eigenvalue weighted by Gasteiger charge is 2.04. The number of carbonyl (C=O) groups excluding carboxylic acids is 1. The van der Waals surface area contributed by atoms with Crippen molar-refractivity contribution >= 4 is 17.3 Å². The summed E-state index contributed by atoms with van der Waals surface area (Å²) in [6.07, 6.45) is 3.35. The first-order valence-corrected chi connectivity index (χ1v) is 5.77. The molecule has 0 unspecified atom stereocenters. The van der Waals surface area contributed by atoms with Crippen LogP contribution in [0.2, 0.25) is 0 Å². The molecule has 2 rings (SSSR count). The van der Waals surface area contributed by atoms with Crippen LogP contribution in [0.15, 0.2) is 53.9 Å². The fourth-order valence-corrected chi connectivity index (χ4v) is 1.49. The second-order valence-corrected chi connectivity index (χ2v) is 4.00. The molecule has 0 spiro atoms. The van der Waals surface area contributed by atoms with Crippen molar-refractivity contribution in [1.29, 1.82) is 0 Å². The fourth-order valence-electron chi connectivity index (χ4n) is 1.49. The van der Waals surface area contributed by atoms with Crippen LogP contribution in [0, 0.1) is 0 Å². The van der Waals surface area contributed by atoms with Gasteiger partial charge in [0.15, 0.2) is 0 Å². The summed E-state index contributed by atoms with van der Waals surface area (Å²) in [6, 6.07) is 10.3. The van der Waals surface area contributed by atoms with Gasteiger partial charge in [-0.05, 0) is 43.3 Å². The van der Waals surface area contributed by atoms with Crippen molar-refractivity contribution in [2.24, 2.45) is 5.10 Å². The first-order valence-electron chi connectivity index (χ1n) is 5.77. The second kappa shape index (κ2) is 5.77. The SMILES string of the molecule is CC(=NNC(=O)c1ccc(N)cc1)c1ccncc1. The number of nitrogens with one attached hydrogen (secondary N) is 1. The number of nitrogens with two attached hydrogens (primary N) is 1. The number of nitrogen functional groups attached to an aromatic ring is 1. The van der Waals surface area contributed by atoms with Crippen molar-refractivity contribution in [3.63, 3.8) is 0 Å². The number of benzene rings is 1. The van der Waals surface area contributed by atoms with E-state index >= 15 is 0 Å². The molecule has 0 radical (unpaired) electrons. The van der Waals surface area contributed by atoms with Crippen LogP contribution in [0.5, 0.6) is 0 Å². The minimum absolute atomic E-state index is 0.270. The smallest absolute Gasteiger partial charge is 0.271 e. The van der Waals surface area contributed by atoms with E-state index < -0.39 is 0 Å². The molecule has 0 atom stereocenters. The van der Waals surface area contributed by atoms with Gasteiger partial charge in [-0.15, -0.1) is 0 Å². The Morgan fingerprint density at radius 2 is 1.74 bits per heavy atom. The lowest BCUT2D eigenvalue weighted by Crippen LogP contribution is -2.19. The van der Waals surface area contributed by atoms with Gasteiger partial charge in [0.2, 0.25) is 0 Å². The lowest BCUT2D eigenvalue weighted by Gasteiger charge is -2.03. The molecule has 1 heterocycles. The Bertz CT molecular complexity index is 591. The molecule has 0 bridgehead atoms. The molecule has 1 amide bonds. The van der Waals surface area contributed by atoms with Gasteiger partial charge in [0, 0.05) is 29.2 Å². The monoisotopic (exact) mass is 254 g/mol. The average Bonchev–Trinajstić information content (AvgIpc) is 2.46. The molecule has 1 aromatic heterocycles. The molecule has 5 heteroatoms. The van der Waals surface area contributed by atoms with Crippen LogP contribution in [0.3, 0.4) is 0 Å². The van der Waals surface area contributed by atoms with Gasteiger partial charge in [0.05, 0.1) is 5.71 Å². The number of hydrazone groups is 1. The summed E-state index contributed by atoms with van der Waals surface area (Å²) in [5, 5.41) is 4.05. The van der Waals surface area contributed by atoms with Crippen molar-refractivity contribution in [3.05, 3.63) is 59.9 Å². The zero-order valence-corrected chi connectivity index (χ0v) is 10.5. The molecule has 0 fully saturated rings. The third kappa shape index (κ3) is 3.38. The van der Waals surface area contributed by atoms with Gasteiger partial charge >= 0.3 is 0 Å². The Morgan fingerprint density at radius 3 is 2.37 bits per heavy atom. The molecule has 5 nitrogen and oxygen atoms in total. The maximum absolute atomic E-state index is 11.8. The number of nitrogens with zero attached hydrogens (tertiary/aromatic N) is 2. The van der Waals surface area contributed by atoms with E-state index in [1.165, 1.54) is 0 Å². The van der Waals surface area contributed by atoms with Crippen LogP contribution in [-0.4, -0.2) is 16.6 Å². The van der Waals surface area contributed by atoms with Gasteiger partial charge < -0.3 is 5.73 Å². The number of aromatic nitrogens is 1. The number of hydrogen-bond donors (Lipinski definition) is 2. The Balaban J connectivity index is 2.06. The lowest BCUT2D eigenvalue weighted by atomic mass is 10.2. The predicted molar refractivity (Wildman–Crippen MR) is 74.8 cm³/mol. The minimum atomic E-state index is -0.270. The first kappa shape index (κ1) is 12.8. The van der Waals surface area contributed by atoms with Gasteiger partial charge in [-0.2, -0.15) is 5.10 Å². The molecule has 0 saturated heterocycles. The molecular formula is C14H14N4O. The van der Waals surface area contributed by atoms with Crippen molar-refractivity contribution in [2.45, 2.75) is 6.92 Å². The Kier molecular flexibility index (Phi) is 3.87. The van der Waals surface area contributed by atoms with Gasteiger partial charge in [-0.25, -0.2) is 5.43 Å². The molecule has 1 aromatic carbocycles. The molecule has 3 N–H and O–H groups in total. The van der Waals surface area contributed by atoms with Crippen LogP contribution < -0.4 is 11.2 Å². The van der Waals surface area contributed by atoms with Crippen molar-refractivity contribution < 1.29 is 4.79 Å². The zero-order valence-electron chi connectivity index (χ0n) is 10.5. The maximum atomic E-state index is 11.8. The number of pyridine rings is 1. The molecule has 19 heavy (non-hydrogen) atoms. The van der Waals surface area contributed by atoms with Gasteiger partial charge in [0.1, 0.15) is 0 Å². The van der Waals surface area contributed by atoms with Crippen molar-refractivity contribution in [2.75, 3.05) is 5.73 Å². The summed E-state index contributed by atoms with van der Waals surface area (Å²) in [7, 11) is 0. The van der Waals surface area contributed by atoms with Gasteiger partial charge in [0.25, 0.3) is 5.91 Å². The number of anilines is 1. The van der Waals surface area contributed by atoms with Crippen molar-refractivity contribution in [3.8, 4) is 0 Å². The van der Waals surface area contributed by atoms with Crippen LogP contribution >= 0.6 is 0 Å². The minimum Gasteiger partial charge on any atom is -0.399 e. The largest absolute Gasteiger partial charge is 0.399 e. The number of rotatable bonds is 3. The quantitative estimate of drug-likeness (QED) is 0.498. The van der Waals surface area contributed by atoms with Gasteiger partial charge in [-0.3, -0.25) is 9.78 Å². The normalized spacial score (nSPS) is 11.1. The lowest BCUT2D eigenvalue weighted by molar-refractivity contribution is 0.0955. The Morgan fingerprint density at radius 1 is 1.11 bits per heavy atom. The summed E-state index contributed by atoms with van der Waals surface area (Å²) in [6.45, 7) is 1.82. The van der Waals surface area contributed by atoms with Crippen LogP contribution in [0.4, 0.5) is 5.69 Å². The third-order valence-electron chi connectivity index (χ3n) is 2.60. The fraction of sp³-hybridized carbons (Fsp3) is 0.0714. The number of hydrogen-bond acceptors (Lipinski definition) is 4. The van der Waals surface area contributed by atoms with E-state index in [1.54, 1.807) is 36.7 Å². The predicted octanol–water partition coefficient (Wildman–Crippen LogP) is 1.82. The highest BCUT2D eigenvalue weighted by molar-refractivity contribution is 6.00. The molecule has 0 aliphatic rings. The zero-order chi connectivity index (χ0) is 13.7. The molecular weight excluding hydrogens is 240 g/mol. The average molecular weight is 254 g/mol. The summed E-state index contributed by atoms with van der Waals surface area (Å²) < 4.78 is 0. The van der Waals surface area contributed by atoms with Crippen molar-refractivity contribution in [1.82, 2.24) is 10.4 Å². The molecule has 0 aliphatic carbocycles. The molecule has 0 aliphatic heterocycles. The number of amides is 1. The van der Waals surface area contributed by atoms with Crippen LogP contribution in [-0.2, 0) is 0 Å². The van der Waals surface area contributed by atoms with Gasteiger partial charge in [-0.1, -0.05) is 0 Å². The summed E-state index contributed by atoms with van der Waals surface area (Å²) in [5.74, 6) is -0.270. The van der Waals surface area contributed by atoms with E-state index in [2.05, 4.69) is 15.5 Å². The second-order valence-electron chi connectivity index (χ2n) is 4.00. The van der Waals surface area contributed by atoms with E-state index in [0.29, 0.717) is 17.0 Å². The van der Waals surface area contributed by atoms with E-state index in [-0.39, 0.29) is 5.91 Å². The molecule has 96 valence electrons. The molecule has 2 aromatic rings. The Hall–Kier alpha value is -2.69. The highest BCUT2D eigenvalue weighted by Crippen LogP contribution is 2.05. The number of carbonyl (C=O) groups is 1. The van der Waals surface area contributed by atoms with Crippen LogP contribution in [0.1, 0.15) is 22.8 Å². The standard InChI is InChI=1S/C14H14N4O/c1-10(11-6-8-16-9-7-11)17-18-14(19)12-2-4-13(15)5-3-12/h2-9H,15H2,1H3,(H,18,19). The Labute approximate surface area is 111 Å². The third-order valence-corrected chi connectivity index (χ3v) is 2.60. The van der Waals surface area contributed by atoms with Crippen LogP contribution in [0.25, 0.3) is 0 Å². The van der Waals surface area contributed by atoms with E-state index in [9.17, 15) is 4.79 Å². The molecule has 0 saturated carbocycles. The van der Waals surface area contributed by atoms with E-state index in [1.807, 2.05) is 19.1 Å². The van der Waals surface area contributed by atoms with E-state index in [4.69, 9.17) is 5.73 Å². The summed E-state index contributed by atoms with van der Waals surface area (Å²) in [5.41, 5.74) is 10.8. The summed E-state index contributed by atoms with van der Waals surface area (Å²) in [4.78, 5) is 15.7. The van der Waals surface area contributed by atoms with E-state index in [0.717, 1.165) is 5.56 Å². The first-order chi connectivity index (χ1) is 9.16. The topological polar surface area (TPSA) is 80.4 Å². The maximum Gasteiger partial charge on any atom is 0.271 e. The highest BCUT2D eigenvalue weighted by atomic mass is 16.2.